The lowest BCUT2D eigenvalue weighted by molar-refractivity contribution is -0.304. The number of ether oxygens (including phenoxy) is 3. The molecule has 0 saturated carbocycles. The van der Waals surface area contributed by atoms with Crippen molar-refractivity contribution in [1.82, 2.24) is 24.8 Å². The number of hydrogen-bond acceptors (Lipinski definition) is 13. The van der Waals surface area contributed by atoms with Gasteiger partial charge in [0.1, 0.15) is 17.9 Å². The Morgan fingerprint density at radius 1 is 0.939 bits per heavy atom. The number of carbonyl (C=O) groups excluding carboxylic acids is 2. The Morgan fingerprint density at radius 2 is 1.64 bits per heavy atom. The molecule has 4 N–H and O–H groups in total. The van der Waals surface area contributed by atoms with Crippen LogP contribution >= 0.6 is 0 Å². The second-order valence-electron chi connectivity index (χ2n) is 19.9. The molecule has 2 aromatic carbocycles. The van der Waals surface area contributed by atoms with E-state index in [-0.39, 0.29) is 24.2 Å². The van der Waals surface area contributed by atoms with Gasteiger partial charge in [-0.15, -0.1) is 5.10 Å². The van der Waals surface area contributed by atoms with Gasteiger partial charge >= 0.3 is 5.97 Å². The third-order valence-electron chi connectivity index (χ3n) is 13.5. The number of hydrogen-bond donors (Lipinski definition) is 4. The number of benzene rings is 2. The molecule has 1 saturated heterocycles. The van der Waals surface area contributed by atoms with E-state index < -0.39 is 78.6 Å². The van der Waals surface area contributed by atoms with Crippen LogP contribution in [0.15, 0.2) is 84.6 Å². The molecule has 12 atom stereocenters. The van der Waals surface area contributed by atoms with E-state index in [1.807, 2.05) is 62.8 Å². The van der Waals surface area contributed by atoms with E-state index in [1.165, 1.54) is 5.56 Å². The van der Waals surface area contributed by atoms with Gasteiger partial charge in [-0.05, 0) is 82.3 Å². The number of aromatic nitrogens is 3. The average Bonchev–Trinajstić information content (AvgIpc) is 3.76. The number of aliphatic hydroxyl groups is 4. The minimum atomic E-state index is -1.27. The maximum absolute atomic E-state index is 14.0. The number of cyclic esters (lactones) is 1. The number of rotatable bonds is 14. The molecule has 0 spiro atoms. The molecule has 0 aliphatic carbocycles. The lowest BCUT2D eigenvalue weighted by Gasteiger charge is -2.46. The first-order valence-corrected chi connectivity index (χ1v) is 23.8. The maximum Gasteiger partial charge on any atom is 0.308 e. The zero-order chi connectivity index (χ0) is 48.3. The summed E-state index contributed by atoms with van der Waals surface area (Å²) < 4.78 is 20.8. The smallest absolute Gasteiger partial charge is 0.308 e. The highest BCUT2D eigenvalue weighted by atomic mass is 16.7. The number of ketones is 1. The van der Waals surface area contributed by atoms with E-state index in [9.17, 15) is 30.0 Å². The van der Waals surface area contributed by atoms with Crippen molar-refractivity contribution in [3.63, 3.8) is 0 Å². The quantitative estimate of drug-likeness (QED) is 0.139. The monoisotopic (exact) mass is 916 g/mol. The number of carbonyl (C=O) groups is 2. The number of aliphatic hydroxyl groups excluding tert-OH is 4. The molecule has 0 bridgehead atoms. The average molecular weight is 916 g/mol. The molecule has 3 aromatic rings. The van der Waals surface area contributed by atoms with Crippen molar-refractivity contribution in [2.75, 3.05) is 33.8 Å². The van der Waals surface area contributed by atoms with Gasteiger partial charge in [-0.2, -0.15) is 0 Å². The minimum Gasteiger partial charge on any atom is -0.462 e. The fourth-order valence-corrected chi connectivity index (χ4v) is 9.24. The van der Waals surface area contributed by atoms with Gasteiger partial charge in [-0.3, -0.25) is 19.2 Å². The summed E-state index contributed by atoms with van der Waals surface area (Å²) in [5.74, 6) is -2.81. The number of allylic oxidation sites excluding steroid dienone is 3. The van der Waals surface area contributed by atoms with Gasteiger partial charge in [0, 0.05) is 36.4 Å². The Kier molecular flexibility index (Phi) is 19.4. The molecule has 5 rings (SSSR count). The molecular formula is C52H77N5O9. The Hall–Kier alpha value is -4.12. The van der Waals surface area contributed by atoms with Gasteiger partial charge in [0.2, 0.25) is 0 Å². The van der Waals surface area contributed by atoms with Gasteiger partial charge < -0.3 is 39.5 Å². The summed E-state index contributed by atoms with van der Waals surface area (Å²) in [4.78, 5) is 31.6. The molecule has 0 radical (unpaired) electrons. The van der Waals surface area contributed by atoms with Crippen molar-refractivity contribution in [2.24, 2.45) is 23.7 Å². The van der Waals surface area contributed by atoms with Crippen LogP contribution in [0.1, 0.15) is 92.2 Å². The van der Waals surface area contributed by atoms with Gasteiger partial charge in [-0.1, -0.05) is 119 Å². The molecule has 2 aliphatic heterocycles. The predicted octanol–water partition coefficient (Wildman–Crippen LogP) is 5.96. The van der Waals surface area contributed by atoms with Crippen molar-refractivity contribution in [1.29, 1.82) is 0 Å². The van der Waals surface area contributed by atoms with Crippen LogP contribution in [0.4, 0.5) is 0 Å². The molecule has 14 nitrogen and oxygen atoms in total. The molecule has 1 aromatic heterocycles. The number of nitrogens with zero attached hydrogens (tertiary/aromatic N) is 5. The Bertz CT molecular complexity index is 2030. The van der Waals surface area contributed by atoms with E-state index in [0.29, 0.717) is 45.4 Å². The molecule has 3 heterocycles. The lowest BCUT2D eigenvalue weighted by atomic mass is 9.79. The molecule has 2 unspecified atom stereocenters. The molecule has 2 aliphatic rings. The standard InChI is InChI=1S/C52H77N5O9/c1-11-45-40(32-58)27-33(2)17-22-43(59)34(3)28-39(50(35(4)44(60)29-46(61)65-45)66-51-49(63)47(55(9)10)48(62)36(5)64-51)23-24-56(30-37-15-13-12-14-16-37)25-26-57-31-42(53-54-57)38-18-20-41(21-19-38)52(6,7)8/h12-22,27,31,34-36,39-40,44-45,47-51,58,60,62-63H,11,23-26,28-30,32H2,1-10H3/b22-17+,33-27+/t34-,35+,36-,39+,40-,44-,45-,47?,48-,49?,50-,51+/m1/s1. The van der Waals surface area contributed by atoms with Crippen LogP contribution in [-0.2, 0) is 42.3 Å². The molecular weight excluding hydrogens is 839 g/mol. The third-order valence-corrected chi connectivity index (χ3v) is 13.5. The summed E-state index contributed by atoms with van der Waals surface area (Å²) in [7, 11) is 3.54. The third kappa shape index (κ3) is 14.4. The van der Waals surface area contributed by atoms with Crippen molar-refractivity contribution < 1.29 is 44.2 Å². The van der Waals surface area contributed by atoms with Gasteiger partial charge in [0.15, 0.2) is 12.1 Å². The first kappa shape index (κ1) is 52.8. The van der Waals surface area contributed by atoms with E-state index in [2.05, 4.69) is 72.4 Å². The maximum atomic E-state index is 14.0. The molecule has 14 heteroatoms. The van der Waals surface area contributed by atoms with Crippen LogP contribution < -0.4 is 0 Å². The van der Waals surface area contributed by atoms with Crippen LogP contribution in [0.5, 0.6) is 0 Å². The molecule has 1 fully saturated rings. The zero-order valence-corrected chi connectivity index (χ0v) is 40.9. The van der Waals surface area contributed by atoms with Crippen LogP contribution in [0.2, 0.25) is 0 Å². The summed E-state index contributed by atoms with van der Waals surface area (Å²) in [6.07, 6.45) is 1.12. The fraction of sp³-hybridized carbons (Fsp3) is 0.615. The van der Waals surface area contributed by atoms with E-state index in [4.69, 9.17) is 14.2 Å². The molecule has 364 valence electrons. The Labute approximate surface area is 392 Å². The largest absolute Gasteiger partial charge is 0.462 e. The Morgan fingerprint density at radius 3 is 2.27 bits per heavy atom. The van der Waals surface area contributed by atoms with Crippen molar-refractivity contribution in [3.05, 3.63) is 95.7 Å². The number of esters is 1. The van der Waals surface area contributed by atoms with Gasteiger partial charge in [0.25, 0.3) is 0 Å². The van der Waals surface area contributed by atoms with Crippen molar-refractivity contribution in [3.8, 4) is 11.3 Å². The topological polar surface area (TPSA) is 180 Å². The Balaban J connectivity index is 1.49. The normalized spacial score (nSPS) is 31.1. The highest BCUT2D eigenvalue weighted by Gasteiger charge is 2.47. The highest BCUT2D eigenvalue weighted by molar-refractivity contribution is 5.91. The summed E-state index contributed by atoms with van der Waals surface area (Å²) >= 11 is 0. The molecule has 66 heavy (non-hydrogen) atoms. The predicted molar refractivity (Wildman–Crippen MR) is 255 cm³/mol. The van der Waals surface area contributed by atoms with E-state index in [0.717, 1.165) is 22.4 Å². The summed E-state index contributed by atoms with van der Waals surface area (Å²) in [6.45, 7) is 17.8. The number of likely N-dealkylation sites (N-methyl/N-ethyl adjacent to an activating group) is 1. The van der Waals surface area contributed by atoms with Crippen molar-refractivity contribution in [2.45, 2.75) is 149 Å². The van der Waals surface area contributed by atoms with Crippen LogP contribution in [0, 0.1) is 23.7 Å². The summed E-state index contributed by atoms with van der Waals surface area (Å²) in [6, 6.07) is 17.9. The van der Waals surface area contributed by atoms with Crippen LogP contribution in [0.25, 0.3) is 11.3 Å². The molecule has 0 amide bonds. The second-order valence-corrected chi connectivity index (χ2v) is 19.9. The first-order chi connectivity index (χ1) is 31.3. The summed E-state index contributed by atoms with van der Waals surface area (Å²) in [5, 5.41) is 54.0. The fourth-order valence-electron chi connectivity index (χ4n) is 9.24. The van der Waals surface area contributed by atoms with Crippen molar-refractivity contribution >= 4 is 11.8 Å². The van der Waals surface area contributed by atoms with Gasteiger partial charge in [0.05, 0.1) is 56.2 Å². The van der Waals surface area contributed by atoms with E-state index in [1.54, 1.807) is 38.1 Å². The zero-order valence-electron chi connectivity index (χ0n) is 40.9. The summed E-state index contributed by atoms with van der Waals surface area (Å²) in [5.41, 5.74) is 4.92. The SMILES string of the molecule is CC[C@H]1OC(=O)C[C@@H](O)[C@H](C)[C@@H](O[C@@H]2O[C@H](C)[C@@H](O)C(N(C)C)C2O)[C@@H](CCN(CCn2cc(-c3ccc(C(C)(C)C)cc3)nn2)Cc2ccccc2)C[C@@H](C)C(=O)/C=C/C(C)=C/[C@@H]1CO. The highest BCUT2D eigenvalue weighted by Crippen LogP contribution is 2.35. The minimum absolute atomic E-state index is 0.0365. The van der Waals surface area contributed by atoms with E-state index >= 15 is 0 Å². The second kappa shape index (κ2) is 24.2. The van der Waals surface area contributed by atoms with Crippen LogP contribution in [-0.4, -0.2) is 140 Å². The van der Waals surface area contributed by atoms with Crippen LogP contribution in [0.3, 0.4) is 0 Å². The first-order valence-electron chi connectivity index (χ1n) is 23.8. The lowest BCUT2D eigenvalue weighted by Crippen LogP contribution is -2.63. The van der Waals surface area contributed by atoms with Gasteiger partial charge in [-0.25, -0.2) is 0 Å².